The first-order valence-corrected chi connectivity index (χ1v) is 6.90. The Kier molecular flexibility index (Phi) is 4.82. The molecule has 6 heteroatoms. The molecule has 0 saturated heterocycles. The maximum atomic E-state index is 11.8. The molecule has 1 aromatic heterocycles. The van der Waals surface area contributed by atoms with Crippen LogP contribution in [0.1, 0.15) is 26.3 Å². The van der Waals surface area contributed by atoms with Crippen LogP contribution in [-0.2, 0) is 11.0 Å². The second-order valence-electron chi connectivity index (χ2n) is 4.34. The van der Waals surface area contributed by atoms with Crippen LogP contribution in [0.3, 0.4) is 0 Å². The van der Waals surface area contributed by atoms with E-state index in [2.05, 4.69) is 25.3 Å². The number of rotatable bonds is 3. The Hall–Kier alpha value is -0.750. The van der Waals surface area contributed by atoms with E-state index in [1.54, 1.807) is 25.6 Å². The summed E-state index contributed by atoms with van der Waals surface area (Å²) >= 11 is 3.35. The molecular weight excluding hydrogens is 304 g/mol. The third kappa shape index (κ3) is 4.20. The predicted octanol–water partition coefficient (Wildman–Crippen LogP) is 2.73. The van der Waals surface area contributed by atoms with Crippen LogP contribution in [0.4, 0.5) is 0 Å². The van der Waals surface area contributed by atoms with Gasteiger partial charge in [-0.25, -0.2) is 9.19 Å². The highest BCUT2D eigenvalue weighted by Gasteiger charge is 2.18. The van der Waals surface area contributed by atoms with Crippen LogP contribution in [-0.4, -0.2) is 27.3 Å². The van der Waals surface area contributed by atoms with Crippen LogP contribution in [0.5, 0.6) is 5.88 Å². The molecule has 17 heavy (non-hydrogen) atoms. The summed E-state index contributed by atoms with van der Waals surface area (Å²) in [5.41, 5.74) is 0.787. The number of halogens is 1. The van der Waals surface area contributed by atoms with Crippen LogP contribution in [0.25, 0.3) is 0 Å². The molecule has 0 aliphatic carbocycles. The summed E-state index contributed by atoms with van der Waals surface area (Å²) in [6.45, 7) is 5.63. The largest absolute Gasteiger partial charge is 0.481 e. The second-order valence-corrected chi connectivity index (χ2v) is 7.13. The first-order valence-electron chi connectivity index (χ1n) is 5.00. The van der Waals surface area contributed by atoms with Crippen molar-refractivity contribution in [2.24, 2.45) is 4.40 Å². The molecule has 0 aliphatic heterocycles. The lowest BCUT2D eigenvalue weighted by atomic mass is 10.3. The average Bonchev–Trinajstić information content (AvgIpc) is 2.26. The summed E-state index contributed by atoms with van der Waals surface area (Å²) in [6, 6.07) is 1.73. The fourth-order valence-corrected chi connectivity index (χ4v) is 1.75. The lowest BCUT2D eigenvalue weighted by Crippen LogP contribution is -2.19. The van der Waals surface area contributed by atoms with E-state index in [9.17, 15) is 4.21 Å². The van der Waals surface area contributed by atoms with E-state index in [1.807, 2.05) is 20.8 Å². The second kappa shape index (κ2) is 5.73. The van der Waals surface area contributed by atoms with Gasteiger partial charge in [-0.3, -0.25) is 0 Å². The van der Waals surface area contributed by atoms with E-state index >= 15 is 0 Å². The van der Waals surface area contributed by atoms with Crippen molar-refractivity contribution < 1.29 is 8.95 Å². The van der Waals surface area contributed by atoms with Gasteiger partial charge in [0, 0.05) is 28.5 Å². The predicted molar refractivity (Wildman–Crippen MR) is 74.0 cm³/mol. The van der Waals surface area contributed by atoms with Crippen LogP contribution in [0.2, 0.25) is 0 Å². The van der Waals surface area contributed by atoms with Crippen molar-refractivity contribution in [3.8, 4) is 5.88 Å². The van der Waals surface area contributed by atoms with Crippen molar-refractivity contribution in [1.29, 1.82) is 0 Å². The summed E-state index contributed by atoms with van der Waals surface area (Å²) in [4.78, 5) is 4.03. The van der Waals surface area contributed by atoms with Crippen molar-refractivity contribution in [2.45, 2.75) is 25.5 Å². The Morgan fingerprint density at radius 1 is 1.53 bits per heavy atom. The van der Waals surface area contributed by atoms with Gasteiger partial charge in [0.05, 0.1) is 11.9 Å². The van der Waals surface area contributed by atoms with Gasteiger partial charge in [0.25, 0.3) is 0 Å². The lowest BCUT2D eigenvalue weighted by molar-refractivity contribution is 0.397. The minimum absolute atomic E-state index is 0.361. The normalized spacial score (nSPS) is 13.9. The average molecular weight is 319 g/mol. The molecule has 0 amide bonds. The fourth-order valence-electron chi connectivity index (χ4n) is 0.907. The number of ether oxygens (including phenoxy) is 1. The first kappa shape index (κ1) is 14.3. The van der Waals surface area contributed by atoms with E-state index in [-0.39, 0.29) is 4.75 Å². The zero-order valence-corrected chi connectivity index (χ0v) is 12.6. The molecule has 0 radical (unpaired) electrons. The molecule has 4 nitrogen and oxygen atoms in total. The van der Waals surface area contributed by atoms with Gasteiger partial charge in [0.15, 0.2) is 0 Å². The summed E-state index contributed by atoms with van der Waals surface area (Å²) in [7, 11) is 0.279. The molecular formula is C11H15BrN2O2S. The van der Waals surface area contributed by atoms with Gasteiger partial charge >= 0.3 is 0 Å². The van der Waals surface area contributed by atoms with Crippen LogP contribution >= 0.6 is 15.9 Å². The molecule has 0 fully saturated rings. The van der Waals surface area contributed by atoms with Crippen molar-refractivity contribution >= 4 is 33.1 Å². The van der Waals surface area contributed by atoms with E-state index in [0.717, 1.165) is 10.0 Å². The van der Waals surface area contributed by atoms with E-state index in [0.29, 0.717) is 5.88 Å². The molecule has 1 unspecified atom stereocenters. The number of pyridine rings is 1. The monoisotopic (exact) mass is 318 g/mol. The van der Waals surface area contributed by atoms with E-state index < -0.39 is 11.0 Å². The number of aromatic nitrogens is 1. The molecule has 0 aliphatic rings. The van der Waals surface area contributed by atoms with Crippen LogP contribution < -0.4 is 4.74 Å². The van der Waals surface area contributed by atoms with E-state index in [4.69, 9.17) is 4.74 Å². The topological polar surface area (TPSA) is 51.5 Å². The lowest BCUT2D eigenvalue weighted by Gasteiger charge is -2.12. The molecule has 1 heterocycles. The smallest absolute Gasteiger partial charge is 0.213 e. The van der Waals surface area contributed by atoms with Crippen LogP contribution in [0, 0.1) is 0 Å². The molecule has 94 valence electrons. The Morgan fingerprint density at radius 2 is 2.18 bits per heavy atom. The summed E-state index contributed by atoms with van der Waals surface area (Å²) in [6.07, 6.45) is 3.19. The van der Waals surface area contributed by atoms with Crippen molar-refractivity contribution in [2.75, 3.05) is 7.11 Å². The molecule has 0 bridgehead atoms. The first-order chi connectivity index (χ1) is 7.84. The summed E-state index contributed by atoms with van der Waals surface area (Å²) in [5, 5.41) is 0. The maximum Gasteiger partial charge on any atom is 0.213 e. The number of hydrogen-bond donors (Lipinski definition) is 0. The zero-order chi connectivity index (χ0) is 13.1. The highest BCUT2D eigenvalue weighted by molar-refractivity contribution is 9.10. The van der Waals surface area contributed by atoms with Gasteiger partial charge in [-0.05, 0) is 36.7 Å². The minimum Gasteiger partial charge on any atom is -0.481 e. The SMILES string of the molecule is COc1cc(C=NS(=O)C(C)(C)C)c(Br)cn1. The number of hydrogen-bond acceptors (Lipinski definition) is 3. The molecule has 1 rings (SSSR count). The fraction of sp³-hybridized carbons (Fsp3) is 0.455. The van der Waals surface area contributed by atoms with Crippen LogP contribution in [0.15, 0.2) is 21.1 Å². The van der Waals surface area contributed by atoms with E-state index in [1.165, 1.54) is 0 Å². The van der Waals surface area contributed by atoms with Crippen molar-refractivity contribution in [3.63, 3.8) is 0 Å². The molecule has 0 aromatic carbocycles. The highest BCUT2D eigenvalue weighted by Crippen LogP contribution is 2.19. The molecule has 0 spiro atoms. The Bertz CT molecular complexity index is 455. The van der Waals surface area contributed by atoms with Gasteiger partial charge in [-0.2, -0.15) is 4.40 Å². The van der Waals surface area contributed by atoms with Gasteiger partial charge < -0.3 is 4.74 Å². The van der Waals surface area contributed by atoms with Crippen molar-refractivity contribution in [3.05, 3.63) is 22.3 Å². The molecule has 1 aromatic rings. The Labute approximate surface area is 112 Å². The van der Waals surface area contributed by atoms with Gasteiger partial charge in [0.2, 0.25) is 5.88 Å². The molecule has 0 N–H and O–H groups in total. The van der Waals surface area contributed by atoms with Crippen molar-refractivity contribution in [1.82, 2.24) is 4.98 Å². The Morgan fingerprint density at radius 3 is 2.71 bits per heavy atom. The third-order valence-electron chi connectivity index (χ3n) is 1.88. The quantitative estimate of drug-likeness (QED) is 0.805. The minimum atomic E-state index is -1.27. The third-order valence-corrected chi connectivity index (χ3v) is 3.89. The molecule has 1 atom stereocenters. The Balaban J connectivity index is 2.95. The van der Waals surface area contributed by atoms with Gasteiger partial charge in [-0.15, -0.1) is 0 Å². The zero-order valence-electron chi connectivity index (χ0n) is 10.2. The maximum absolute atomic E-state index is 11.8. The standard InChI is InChI=1S/C11H15BrN2O2S/c1-11(2,3)17(15)14-6-8-5-10(16-4)13-7-9(8)12/h5-7H,1-4H3. The van der Waals surface area contributed by atoms with Gasteiger partial charge in [-0.1, -0.05) is 0 Å². The summed E-state index contributed by atoms with van der Waals surface area (Å²) in [5.74, 6) is 0.496. The number of nitrogens with zero attached hydrogens (tertiary/aromatic N) is 2. The molecule has 0 saturated carbocycles. The summed E-state index contributed by atoms with van der Waals surface area (Å²) < 4.78 is 21.2. The highest BCUT2D eigenvalue weighted by atomic mass is 79.9. The number of methoxy groups -OCH3 is 1. The van der Waals surface area contributed by atoms with Gasteiger partial charge in [0.1, 0.15) is 11.0 Å².